The Hall–Kier alpha value is -2.04. The van der Waals surface area contributed by atoms with E-state index in [2.05, 4.69) is 12.2 Å². The molecule has 1 aromatic carbocycles. The van der Waals surface area contributed by atoms with Crippen LogP contribution in [0.15, 0.2) is 24.3 Å². The lowest BCUT2D eigenvalue weighted by Crippen LogP contribution is -2.24. The van der Waals surface area contributed by atoms with Crippen LogP contribution in [0, 0.1) is 5.41 Å². The Morgan fingerprint density at radius 1 is 1.23 bits per heavy atom. The summed E-state index contributed by atoms with van der Waals surface area (Å²) >= 11 is 0. The van der Waals surface area contributed by atoms with Crippen molar-refractivity contribution < 1.29 is 19.4 Å². The van der Waals surface area contributed by atoms with E-state index >= 15 is 0 Å². The molecule has 0 heterocycles. The molecule has 1 aromatic rings. The lowest BCUT2D eigenvalue weighted by atomic mass is 9.85. The number of amides is 1. The van der Waals surface area contributed by atoms with E-state index in [1.807, 2.05) is 19.1 Å². The SMILES string of the molecule is CCC(C)Oc1ccc(NC(=O)CC(C)(C)CC(=O)O)cc1. The fourth-order valence-corrected chi connectivity index (χ4v) is 2.04. The van der Waals surface area contributed by atoms with Crippen molar-refractivity contribution >= 4 is 17.6 Å². The summed E-state index contributed by atoms with van der Waals surface area (Å²) in [6.07, 6.45) is 1.20. The Morgan fingerprint density at radius 2 is 1.82 bits per heavy atom. The van der Waals surface area contributed by atoms with Gasteiger partial charge in [-0.1, -0.05) is 20.8 Å². The van der Waals surface area contributed by atoms with Crippen LogP contribution in [0.1, 0.15) is 47.0 Å². The lowest BCUT2D eigenvalue weighted by molar-refractivity contribution is -0.139. The Kier molecular flexibility index (Phi) is 6.40. The van der Waals surface area contributed by atoms with Crippen molar-refractivity contribution in [3.63, 3.8) is 0 Å². The predicted molar refractivity (Wildman–Crippen MR) is 86.1 cm³/mol. The predicted octanol–water partition coefficient (Wildman–Crippen LogP) is 3.69. The molecule has 0 aliphatic carbocycles. The maximum Gasteiger partial charge on any atom is 0.303 e. The molecule has 0 fully saturated rings. The third-order valence-corrected chi connectivity index (χ3v) is 3.32. The van der Waals surface area contributed by atoms with Gasteiger partial charge in [0.05, 0.1) is 12.5 Å². The highest BCUT2D eigenvalue weighted by Crippen LogP contribution is 2.26. The van der Waals surface area contributed by atoms with Crippen LogP contribution in [0.2, 0.25) is 0 Å². The summed E-state index contributed by atoms with van der Waals surface area (Å²) in [5.74, 6) is -0.329. The Bertz CT molecular complexity index is 508. The highest BCUT2D eigenvalue weighted by molar-refractivity contribution is 5.91. The van der Waals surface area contributed by atoms with Crippen molar-refractivity contribution in [2.45, 2.75) is 53.1 Å². The van der Waals surface area contributed by atoms with Crippen LogP contribution in [0.5, 0.6) is 5.75 Å². The minimum absolute atomic E-state index is 0.0396. The zero-order chi connectivity index (χ0) is 16.8. The number of aliphatic carboxylic acids is 1. The molecule has 0 bridgehead atoms. The summed E-state index contributed by atoms with van der Waals surface area (Å²) in [5, 5.41) is 11.6. The molecule has 1 unspecified atom stereocenters. The number of carbonyl (C=O) groups excluding carboxylic acids is 1. The van der Waals surface area contributed by atoms with Crippen LogP contribution in [0.4, 0.5) is 5.69 Å². The molecule has 122 valence electrons. The number of hydrogen-bond acceptors (Lipinski definition) is 3. The van der Waals surface area contributed by atoms with Gasteiger partial charge in [0.25, 0.3) is 0 Å². The maximum atomic E-state index is 12.0. The lowest BCUT2D eigenvalue weighted by Gasteiger charge is -2.21. The average molecular weight is 307 g/mol. The van der Waals surface area contributed by atoms with Gasteiger partial charge >= 0.3 is 5.97 Å². The zero-order valence-electron chi connectivity index (χ0n) is 13.7. The number of rotatable bonds is 8. The first-order valence-corrected chi connectivity index (χ1v) is 7.50. The molecule has 0 aromatic heterocycles. The van der Waals surface area contributed by atoms with E-state index in [1.165, 1.54) is 0 Å². The number of ether oxygens (including phenoxy) is 1. The molecule has 0 radical (unpaired) electrons. The molecule has 0 saturated carbocycles. The van der Waals surface area contributed by atoms with Gasteiger partial charge in [0, 0.05) is 12.1 Å². The van der Waals surface area contributed by atoms with E-state index in [9.17, 15) is 9.59 Å². The van der Waals surface area contributed by atoms with E-state index in [0.29, 0.717) is 5.69 Å². The number of hydrogen-bond donors (Lipinski definition) is 2. The summed E-state index contributed by atoms with van der Waals surface area (Å²) in [5.41, 5.74) is 0.0998. The molecule has 5 nitrogen and oxygen atoms in total. The van der Waals surface area contributed by atoms with Crippen molar-refractivity contribution in [1.29, 1.82) is 0 Å². The minimum atomic E-state index is -0.899. The topological polar surface area (TPSA) is 75.6 Å². The summed E-state index contributed by atoms with van der Waals surface area (Å²) in [4.78, 5) is 22.7. The summed E-state index contributed by atoms with van der Waals surface area (Å²) in [7, 11) is 0. The normalized spacial score (nSPS) is 12.5. The smallest absolute Gasteiger partial charge is 0.303 e. The third kappa shape index (κ3) is 6.61. The van der Waals surface area contributed by atoms with Gasteiger partial charge in [-0.2, -0.15) is 0 Å². The maximum absolute atomic E-state index is 12.0. The van der Waals surface area contributed by atoms with E-state index in [1.54, 1.807) is 26.0 Å². The Labute approximate surface area is 131 Å². The van der Waals surface area contributed by atoms with Crippen molar-refractivity contribution in [3.8, 4) is 5.75 Å². The second kappa shape index (κ2) is 7.82. The minimum Gasteiger partial charge on any atom is -0.491 e. The summed E-state index contributed by atoms with van der Waals surface area (Å²) in [6.45, 7) is 7.59. The molecule has 5 heteroatoms. The van der Waals surface area contributed by atoms with Crippen molar-refractivity contribution in [2.75, 3.05) is 5.32 Å². The number of nitrogens with one attached hydrogen (secondary N) is 1. The summed E-state index contributed by atoms with van der Waals surface area (Å²) in [6, 6.07) is 7.17. The van der Waals surface area contributed by atoms with Gasteiger partial charge in [-0.3, -0.25) is 9.59 Å². The zero-order valence-corrected chi connectivity index (χ0v) is 13.7. The monoisotopic (exact) mass is 307 g/mol. The highest BCUT2D eigenvalue weighted by atomic mass is 16.5. The standard InChI is InChI=1S/C17H25NO4/c1-5-12(2)22-14-8-6-13(7-9-14)18-15(19)10-17(3,4)11-16(20)21/h6-9,12H,5,10-11H2,1-4H3,(H,18,19)(H,20,21). The molecular formula is C17H25NO4. The molecule has 1 amide bonds. The molecular weight excluding hydrogens is 282 g/mol. The van der Waals surface area contributed by atoms with E-state index < -0.39 is 11.4 Å². The molecule has 22 heavy (non-hydrogen) atoms. The Morgan fingerprint density at radius 3 is 2.32 bits per heavy atom. The van der Waals surface area contributed by atoms with Gasteiger partial charge < -0.3 is 15.2 Å². The van der Waals surface area contributed by atoms with Crippen molar-refractivity contribution in [2.24, 2.45) is 5.41 Å². The first-order valence-electron chi connectivity index (χ1n) is 7.50. The van der Waals surface area contributed by atoms with Gasteiger partial charge in [0.2, 0.25) is 5.91 Å². The fraction of sp³-hybridized carbons (Fsp3) is 0.529. The van der Waals surface area contributed by atoms with Gasteiger partial charge in [0.15, 0.2) is 0 Å². The average Bonchev–Trinajstić information content (AvgIpc) is 2.38. The quantitative estimate of drug-likeness (QED) is 0.768. The van der Waals surface area contributed by atoms with Crippen LogP contribution in [0.3, 0.4) is 0 Å². The number of carboxylic acids is 1. The molecule has 0 saturated heterocycles. The molecule has 0 spiro atoms. The van der Waals surface area contributed by atoms with Crippen LogP contribution in [-0.4, -0.2) is 23.1 Å². The first-order chi connectivity index (χ1) is 10.2. The Balaban J connectivity index is 2.56. The number of carbonyl (C=O) groups is 2. The van der Waals surface area contributed by atoms with E-state index in [-0.39, 0.29) is 24.9 Å². The van der Waals surface area contributed by atoms with Gasteiger partial charge in [0.1, 0.15) is 5.75 Å². The number of anilines is 1. The van der Waals surface area contributed by atoms with E-state index in [0.717, 1.165) is 12.2 Å². The second-order valence-corrected chi connectivity index (χ2v) is 6.32. The second-order valence-electron chi connectivity index (χ2n) is 6.32. The largest absolute Gasteiger partial charge is 0.491 e. The van der Waals surface area contributed by atoms with Crippen LogP contribution in [0.25, 0.3) is 0 Å². The molecule has 2 N–H and O–H groups in total. The van der Waals surface area contributed by atoms with Crippen LogP contribution < -0.4 is 10.1 Å². The number of benzene rings is 1. The number of carboxylic acid groups (broad SMARTS) is 1. The van der Waals surface area contributed by atoms with Crippen LogP contribution >= 0.6 is 0 Å². The molecule has 1 atom stereocenters. The van der Waals surface area contributed by atoms with Crippen molar-refractivity contribution in [3.05, 3.63) is 24.3 Å². The highest BCUT2D eigenvalue weighted by Gasteiger charge is 2.25. The van der Waals surface area contributed by atoms with Gasteiger partial charge in [-0.15, -0.1) is 0 Å². The van der Waals surface area contributed by atoms with Crippen molar-refractivity contribution in [1.82, 2.24) is 0 Å². The van der Waals surface area contributed by atoms with Gasteiger partial charge in [-0.25, -0.2) is 0 Å². The van der Waals surface area contributed by atoms with E-state index in [4.69, 9.17) is 9.84 Å². The first kappa shape index (κ1) is 18.0. The molecule has 0 aliphatic heterocycles. The summed E-state index contributed by atoms with van der Waals surface area (Å²) < 4.78 is 5.67. The molecule has 1 rings (SSSR count). The van der Waals surface area contributed by atoms with Crippen LogP contribution in [-0.2, 0) is 9.59 Å². The van der Waals surface area contributed by atoms with Gasteiger partial charge in [-0.05, 0) is 43.0 Å². The fourth-order valence-electron chi connectivity index (χ4n) is 2.04. The molecule has 0 aliphatic rings. The third-order valence-electron chi connectivity index (χ3n) is 3.32.